The van der Waals surface area contributed by atoms with Crippen molar-refractivity contribution in [1.29, 1.82) is 0 Å². The minimum Gasteiger partial charge on any atom is -0.502 e. The zero-order chi connectivity index (χ0) is 16.2. The third-order valence-electron chi connectivity index (χ3n) is 5.18. The molecule has 1 saturated heterocycles. The zero-order valence-electron chi connectivity index (χ0n) is 13.4. The van der Waals surface area contributed by atoms with Gasteiger partial charge in [-0.25, -0.2) is 0 Å². The number of aromatic hydroxyl groups is 1. The van der Waals surface area contributed by atoms with Gasteiger partial charge in [0.25, 0.3) is 0 Å². The van der Waals surface area contributed by atoms with Crippen LogP contribution in [0, 0.1) is 16.0 Å². The van der Waals surface area contributed by atoms with Crippen LogP contribution in [0.4, 0.5) is 5.69 Å². The van der Waals surface area contributed by atoms with Crippen LogP contribution in [-0.4, -0.2) is 41.1 Å². The molecule has 23 heavy (non-hydrogen) atoms. The van der Waals surface area contributed by atoms with Crippen molar-refractivity contribution in [3.05, 3.63) is 33.9 Å². The van der Waals surface area contributed by atoms with Gasteiger partial charge in [-0.1, -0.05) is 25.3 Å². The van der Waals surface area contributed by atoms with Gasteiger partial charge in [0.1, 0.15) is 0 Å². The summed E-state index contributed by atoms with van der Waals surface area (Å²) in [5, 5.41) is 24.3. The fourth-order valence-electron chi connectivity index (χ4n) is 4.06. The first kappa shape index (κ1) is 16.2. The number of phenolic OH excluding ortho intramolecular Hbond substituents is 1. The average Bonchev–Trinajstić information content (AvgIpc) is 2.58. The van der Waals surface area contributed by atoms with Crippen LogP contribution < -0.4 is 5.32 Å². The molecule has 0 spiro atoms. The van der Waals surface area contributed by atoms with Crippen molar-refractivity contribution in [2.45, 2.75) is 38.1 Å². The second-order valence-corrected chi connectivity index (χ2v) is 6.63. The van der Waals surface area contributed by atoms with Gasteiger partial charge in [0.05, 0.1) is 4.92 Å². The summed E-state index contributed by atoms with van der Waals surface area (Å²) < 4.78 is 0. The van der Waals surface area contributed by atoms with Crippen molar-refractivity contribution in [3.8, 4) is 5.75 Å². The van der Waals surface area contributed by atoms with E-state index in [1.807, 2.05) is 6.07 Å². The maximum Gasteiger partial charge on any atom is 0.311 e. The summed E-state index contributed by atoms with van der Waals surface area (Å²) in [6.45, 7) is 3.86. The number of rotatable bonds is 4. The van der Waals surface area contributed by atoms with Crippen LogP contribution in [0.3, 0.4) is 0 Å². The Morgan fingerprint density at radius 2 is 1.91 bits per heavy atom. The number of nitro groups is 1. The predicted molar refractivity (Wildman–Crippen MR) is 88.5 cm³/mol. The molecule has 1 aliphatic carbocycles. The van der Waals surface area contributed by atoms with Crippen molar-refractivity contribution in [3.63, 3.8) is 0 Å². The maximum atomic E-state index is 11.2. The highest BCUT2D eigenvalue weighted by atomic mass is 16.6. The van der Waals surface area contributed by atoms with Crippen LogP contribution in [-0.2, 0) is 0 Å². The molecular formula is C17H25N3O3. The number of nitrogens with zero attached hydrogens (tertiary/aromatic N) is 2. The minimum absolute atomic E-state index is 0.182. The normalized spacial score (nSPS) is 21.9. The highest BCUT2D eigenvalue weighted by molar-refractivity contribution is 5.48. The lowest BCUT2D eigenvalue weighted by Crippen LogP contribution is -2.47. The summed E-state index contributed by atoms with van der Waals surface area (Å²) in [6, 6.07) is 5.14. The molecule has 3 rings (SSSR count). The van der Waals surface area contributed by atoms with Crippen LogP contribution in [0.5, 0.6) is 5.75 Å². The molecule has 0 radical (unpaired) electrons. The highest BCUT2D eigenvalue weighted by Crippen LogP contribution is 2.40. The van der Waals surface area contributed by atoms with E-state index in [1.165, 1.54) is 38.2 Å². The second-order valence-electron chi connectivity index (χ2n) is 6.63. The largest absolute Gasteiger partial charge is 0.502 e. The number of nitro benzene ring substituents is 1. The summed E-state index contributed by atoms with van der Waals surface area (Å²) in [6.07, 6.45) is 6.15. The average molecular weight is 319 g/mol. The minimum atomic E-state index is -0.492. The molecule has 0 aromatic heterocycles. The Balaban J connectivity index is 1.93. The molecule has 0 unspecified atom stereocenters. The van der Waals surface area contributed by atoms with E-state index in [4.69, 9.17) is 0 Å². The molecule has 0 amide bonds. The first-order chi connectivity index (χ1) is 11.2. The van der Waals surface area contributed by atoms with E-state index in [0.29, 0.717) is 5.92 Å². The van der Waals surface area contributed by atoms with Crippen LogP contribution in [0.1, 0.15) is 43.7 Å². The van der Waals surface area contributed by atoms with Crippen molar-refractivity contribution in [2.75, 3.05) is 26.2 Å². The molecule has 0 bridgehead atoms. The lowest BCUT2D eigenvalue weighted by Gasteiger charge is -2.41. The van der Waals surface area contributed by atoms with Gasteiger partial charge in [0.15, 0.2) is 5.75 Å². The third kappa shape index (κ3) is 3.64. The van der Waals surface area contributed by atoms with Crippen molar-refractivity contribution in [2.24, 2.45) is 5.92 Å². The number of piperazine rings is 1. The van der Waals surface area contributed by atoms with Gasteiger partial charge in [-0.05, 0) is 30.4 Å². The molecule has 2 N–H and O–H groups in total. The van der Waals surface area contributed by atoms with E-state index >= 15 is 0 Å². The van der Waals surface area contributed by atoms with E-state index in [-0.39, 0.29) is 17.5 Å². The fraction of sp³-hybridized carbons (Fsp3) is 0.647. The van der Waals surface area contributed by atoms with Crippen LogP contribution in [0.25, 0.3) is 0 Å². The number of benzene rings is 1. The topological polar surface area (TPSA) is 78.6 Å². The highest BCUT2D eigenvalue weighted by Gasteiger charge is 2.32. The number of hydrogen-bond acceptors (Lipinski definition) is 5. The van der Waals surface area contributed by atoms with Gasteiger partial charge in [0, 0.05) is 38.3 Å². The Kier molecular flexibility index (Phi) is 5.13. The molecule has 1 aromatic rings. The Labute approximate surface area is 136 Å². The van der Waals surface area contributed by atoms with Gasteiger partial charge < -0.3 is 10.4 Å². The maximum absolute atomic E-state index is 11.2. The van der Waals surface area contributed by atoms with Gasteiger partial charge in [-0.15, -0.1) is 0 Å². The van der Waals surface area contributed by atoms with Crippen molar-refractivity contribution >= 4 is 5.69 Å². The molecule has 1 aliphatic heterocycles. The molecule has 6 heteroatoms. The third-order valence-corrected chi connectivity index (χ3v) is 5.18. The first-order valence-corrected chi connectivity index (χ1v) is 8.59. The molecule has 6 nitrogen and oxygen atoms in total. The van der Waals surface area contributed by atoms with Crippen LogP contribution in [0.15, 0.2) is 18.2 Å². The quantitative estimate of drug-likeness (QED) is 0.659. The monoisotopic (exact) mass is 319 g/mol. The summed E-state index contributed by atoms with van der Waals surface area (Å²) >= 11 is 0. The van der Waals surface area contributed by atoms with E-state index in [9.17, 15) is 15.2 Å². The lowest BCUT2D eigenvalue weighted by molar-refractivity contribution is -0.386. The van der Waals surface area contributed by atoms with Crippen molar-refractivity contribution < 1.29 is 10.0 Å². The first-order valence-electron chi connectivity index (χ1n) is 8.59. The molecule has 1 saturated carbocycles. The summed E-state index contributed by atoms with van der Waals surface area (Å²) in [4.78, 5) is 13.1. The summed E-state index contributed by atoms with van der Waals surface area (Å²) in [5.41, 5.74) is 0.793. The Hall–Kier alpha value is -1.66. The van der Waals surface area contributed by atoms with E-state index in [0.717, 1.165) is 31.7 Å². The Morgan fingerprint density at radius 3 is 2.57 bits per heavy atom. The van der Waals surface area contributed by atoms with E-state index in [2.05, 4.69) is 10.2 Å². The van der Waals surface area contributed by atoms with E-state index < -0.39 is 4.92 Å². The van der Waals surface area contributed by atoms with E-state index in [1.54, 1.807) is 6.07 Å². The predicted octanol–water partition coefficient (Wildman–Crippen LogP) is 2.83. The van der Waals surface area contributed by atoms with Gasteiger partial charge >= 0.3 is 5.69 Å². The number of nitrogens with one attached hydrogen (secondary N) is 1. The van der Waals surface area contributed by atoms with Crippen LogP contribution >= 0.6 is 0 Å². The Morgan fingerprint density at radius 1 is 1.22 bits per heavy atom. The smallest absolute Gasteiger partial charge is 0.311 e. The molecule has 126 valence electrons. The molecule has 2 fully saturated rings. The van der Waals surface area contributed by atoms with Crippen molar-refractivity contribution in [1.82, 2.24) is 10.2 Å². The van der Waals surface area contributed by atoms with Gasteiger partial charge in [-0.2, -0.15) is 0 Å². The van der Waals surface area contributed by atoms with Gasteiger partial charge in [0.2, 0.25) is 0 Å². The number of phenols is 1. The molecule has 1 heterocycles. The van der Waals surface area contributed by atoms with Gasteiger partial charge in [-0.3, -0.25) is 15.0 Å². The molecule has 1 aromatic carbocycles. The Bertz CT molecular complexity index is 534. The molecular weight excluding hydrogens is 294 g/mol. The zero-order valence-corrected chi connectivity index (χ0v) is 13.4. The lowest BCUT2D eigenvalue weighted by atomic mass is 9.80. The number of hydrogen-bond donors (Lipinski definition) is 2. The van der Waals surface area contributed by atoms with Crippen LogP contribution in [0.2, 0.25) is 0 Å². The summed E-state index contributed by atoms with van der Waals surface area (Å²) in [5.74, 6) is 0.299. The molecule has 1 atom stereocenters. The standard InChI is InChI=1S/C17H25N3O3/c21-16-7-6-14(12-15(16)20(22)23)17(13-4-2-1-3-5-13)19-10-8-18-9-11-19/h6-7,12-13,17-18,21H,1-5,8-11H2/t17-/m1/s1. The fourth-order valence-corrected chi connectivity index (χ4v) is 4.06. The molecule has 2 aliphatic rings. The summed E-state index contributed by atoms with van der Waals surface area (Å²) in [7, 11) is 0. The second kappa shape index (κ2) is 7.27. The SMILES string of the molecule is O=[N+]([O-])c1cc([C@@H](C2CCCCC2)N2CCNCC2)ccc1O.